The second kappa shape index (κ2) is 12.3. The molecule has 1 N–H and O–H groups in total. The van der Waals surface area contributed by atoms with Gasteiger partial charge in [-0.25, -0.2) is 8.42 Å². The quantitative estimate of drug-likeness (QED) is 0.397. The lowest BCUT2D eigenvalue weighted by Crippen LogP contribution is -2.51. The van der Waals surface area contributed by atoms with Crippen LogP contribution in [0.3, 0.4) is 0 Å². The van der Waals surface area contributed by atoms with E-state index in [1.165, 1.54) is 29.2 Å². The maximum absolute atomic E-state index is 13.7. The molecule has 190 valence electrons. The van der Waals surface area contributed by atoms with Crippen LogP contribution in [0.5, 0.6) is 0 Å². The standard InChI is InChI=1S/C26H27Cl2N3O4S/c1-3-29-26(33)19(2)30(17-20-8-7-9-22(28)16-20)25(32)18-31(23-14-12-21(27)13-15-23)36(34,35)24-10-5-4-6-11-24/h4-16,19H,3,17-18H2,1-2H3,(H,29,33)/t19-/m1/s1. The molecular formula is C26H27Cl2N3O4S. The fraction of sp³-hybridized carbons (Fsp3) is 0.231. The van der Waals surface area contributed by atoms with Crippen molar-refractivity contribution in [2.75, 3.05) is 17.4 Å². The molecule has 3 aromatic carbocycles. The van der Waals surface area contributed by atoms with Crippen LogP contribution >= 0.6 is 23.2 Å². The van der Waals surface area contributed by atoms with Crippen molar-refractivity contribution < 1.29 is 18.0 Å². The van der Waals surface area contributed by atoms with Crippen LogP contribution in [0.1, 0.15) is 19.4 Å². The summed E-state index contributed by atoms with van der Waals surface area (Å²) in [5.41, 5.74) is 0.973. The third-order valence-electron chi connectivity index (χ3n) is 5.48. The van der Waals surface area contributed by atoms with Crippen molar-refractivity contribution in [1.29, 1.82) is 0 Å². The molecule has 36 heavy (non-hydrogen) atoms. The van der Waals surface area contributed by atoms with Crippen LogP contribution in [0, 0.1) is 0 Å². The Kier molecular flexibility index (Phi) is 9.37. The molecule has 0 aliphatic heterocycles. The largest absolute Gasteiger partial charge is 0.355 e. The summed E-state index contributed by atoms with van der Waals surface area (Å²) in [6.07, 6.45) is 0. The van der Waals surface area contributed by atoms with E-state index in [0.717, 1.165) is 4.31 Å². The zero-order chi connectivity index (χ0) is 26.3. The van der Waals surface area contributed by atoms with Gasteiger partial charge in [-0.2, -0.15) is 0 Å². The van der Waals surface area contributed by atoms with Crippen molar-refractivity contribution in [1.82, 2.24) is 10.2 Å². The second-order valence-electron chi connectivity index (χ2n) is 8.02. The Balaban J connectivity index is 2.01. The highest BCUT2D eigenvalue weighted by molar-refractivity contribution is 7.92. The molecule has 0 aromatic heterocycles. The summed E-state index contributed by atoms with van der Waals surface area (Å²) in [5, 5.41) is 3.63. The summed E-state index contributed by atoms with van der Waals surface area (Å²) >= 11 is 12.1. The Morgan fingerprint density at radius 2 is 1.58 bits per heavy atom. The van der Waals surface area contributed by atoms with E-state index in [2.05, 4.69) is 5.32 Å². The van der Waals surface area contributed by atoms with E-state index in [1.807, 2.05) is 0 Å². The number of sulfonamides is 1. The molecule has 7 nitrogen and oxygen atoms in total. The van der Waals surface area contributed by atoms with Crippen molar-refractivity contribution in [3.63, 3.8) is 0 Å². The molecule has 0 saturated heterocycles. The Morgan fingerprint density at radius 3 is 2.19 bits per heavy atom. The minimum atomic E-state index is -4.11. The second-order valence-corrected chi connectivity index (χ2v) is 10.8. The van der Waals surface area contributed by atoms with Crippen LogP contribution in [0.25, 0.3) is 0 Å². The number of likely N-dealkylation sites (N-methyl/N-ethyl adjacent to an activating group) is 1. The highest BCUT2D eigenvalue weighted by Crippen LogP contribution is 2.26. The summed E-state index contributed by atoms with van der Waals surface area (Å²) in [7, 11) is -4.11. The third-order valence-corrected chi connectivity index (χ3v) is 7.76. The van der Waals surface area contributed by atoms with Gasteiger partial charge in [-0.1, -0.05) is 53.5 Å². The lowest BCUT2D eigenvalue weighted by Gasteiger charge is -2.32. The molecule has 1 atom stereocenters. The van der Waals surface area contributed by atoms with Crippen molar-refractivity contribution in [2.45, 2.75) is 31.3 Å². The van der Waals surface area contributed by atoms with E-state index in [9.17, 15) is 18.0 Å². The SMILES string of the molecule is CCNC(=O)[C@@H](C)N(Cc1cccc(Cl)c1)C(=O)CN(c1ccc(Cl)cc1)S(=O)(=O)c1ccccc1. The van der Waals surface area contributed by atoms with Gasteiger partial charge in [0.2, 0.25) is 11.8 Å². The van der Waals surface area contributed by atoms with E-state index in [0.29, 0.717) is 22.2 Å². The van der Waals surface area contributed by atoms with Gasteiger partial charge in [0, 0.05) is 23.1 Å². The number of hydrogen-bond donors (Lipinski definition) is 1. The maximum atomic E-state index is 13.7. The Hall–Kier alpha value is -3.07. The zero-order valence-electron chi connectivity index (χ0n) is 19.9. The van der Waals surface area contributed by atoms with Crippen molar-refractivity contribution in [2.24, 2.45) is 0 Å². The third kappa shape index (κ3) is 6.78. The molecule has 0 saturated carbocycles. The van der Waals surface area contributed by atoms with Gasteiger partial charge in [0.1, 0.15) is 12.6 Å². The van der Waals surface area contributed by atoms with Gasteiger partial charge in [-0.05, 0) is 67.9 Å². The first-order chi connectivity index (χ1) is 17.1. The van der Waals surface area contributed by atoms with E-state index in [1.54, 1.807) is 68.4 Å². The van der Waals surface area contributed by atoms with Crippen LogP contribution in [-0.4, -0.2) is 44.3 Å². The molecule has 10 heteroatoms. The molecular weight excluding hydrogens is 521 g/mol. The maximum Gasteiger partial charge on any atom is 0.264 e. The minimum Gasteiger partial charge on any atom is -0.355 e. The normalized spacial score (nSPS) is 12.0. The minimum absolute atomic E-state index is 0.0333. The molecule has 0 aliphatic carbocycles. The fourth-order valence-electron chi connectivity index (χ4n) is 3.59. The number of rotatable bonds is 10. The van der Waals surface area contributed by atoms with Gasteiger partial charge in [-0.3, -0.25) is 13.9 Å². The lowest BCUT2D eigenvalue weighted by molar-refractivity contribution is -0.139. The lowest BCUT2D eigenvalue weighted by atomic mass is 10.1. The van der Waals surface area contributed by atoms with Crippen LogP contribution in [0.15, 0.2) is 83.8 Å². The van der Waals surface area contributed by atoms with E-state index in [4.69, 9.17) is 23.2 Å². The summed E-state index contributed by atoms with van der Waals surface area (Å²) in [6, 6.07) is 20.1. The highest BCUT2D eigenvalue weighted by Gasteiger charge is 2.32. The number of nitrogens with one attached hydrogen (secondary N) is 1. The van der Waals surface area contributed by atoms with Crippen molar-refractivity contribution >= 4 is 50.7 Å². The molecule has 0 unspecified atom stereocenters. The summed E-state index contributed by atoms with van der Waals surface area (Å²) in [5.74, 6) is -0.903. The van der Waals surface area contributed by atoms with Gasteiger partial charge >= 0.3 is 0 Å². The number of carbonyl (C=O) groups is 2. The topological polar surface area (TPSA) is 86.8 Å². The van der Waals surface area contributed by atoms with Gasteiger partial charge in [0.15, 0.2) is 0 Å². The van der Waals surface area contributed by atoms with E-state index < -0.39 is 28.5 Å². The van der Waals surface area contributed by atoms with Gasteiger partial charge in [-0.15, -0.1) is 0 Å². The van der Waals surface area contributed by atoms with Crippen LogP contribution < -0.4 is 9.62 Å². The van der Waals surface area contributed by atoms with Crippen molar-refractivity contribution in [3.8, 4) is 0 Å². The van der Waals surface area contributed by atoms with Crippen LogP contribution in [0.4, 0.5) is 5.69 Å². The first-order valence-electron chi connectivity index (χ1n) is 11.3. The molecule has 3 aromatic rings. The van der Waals surface area contributed by atoms with E-state index >= 15 is 0 Å². The van der Waals surface area contributed by atoms with Gasteiger partial charge in [0.25, 0.3) is 10.0 Å². The Labute approximate surface area is 221 Å². The van der Waals surface area contributed by atoms with Gasteiger partial charge in [0.05, 0.1) is 10.6 Å². The molecule has 2 amide bonds. The summed E-state index contributed by atoms with van der Waals surface area (Å²) < 4.78 is 28.2. The first-order valence-corrected chi connectivity index (χ1v) is 13.5. The number of carbonyl (C=O) groups excluding carboxylic acids is 2. The number of hydrogen-bond acceptors (Lipinski definition) is 4. The fourth-order valence-corrected chi connectivity index (χ4v) is 5.37. The van der Waals surface area contributed by atoms with Crippen LogP contribution in [0.2, 0.25) is 10.0 Å². The number of anilines is 1. The molecule has 0 spiro atoms. The molecule has 0 aliphatic rings. The predicted octanol–water partition coefficient (Wildman–Crippen LogP) is 4.74. The summed E-state index contributed by atoms with van der Waals surface area (Å²) in [4.78, 5) is 27.8. The number of nitrogens with zero attached hydrogens (tertiary/aromatic N) is 2. The Bertz CT molecular complexity index is 1300. The monoisotopic (exact) mass is 547 g/mol. The molecule has 0 heterocycles. The molecule has 0 bridgehead atoms. The first kappa shape index (κ1) is 27.5. The molecule has 0 fully saturated rings. The summed E-state index contributed by atoms with van der Waals surface area (Å²) in [6.45, 7) is 3.32. The Morgan fingerprint density at radius 1 is 0.917 bits per heavy atom. The number of halogens is 2. The molecule has 0 radical (unpaired) electrons. The average Bonchev–Trinajstić information content (AvgIpc) is 2.86. The van der Waals surface area contributed by atoms with E-state index in [-0.39, 0.29) is 23.0 Å². The van der Waals surface area contributed by atoms with Gasteiger partial charge < -0.3 is 10.2 Å². The number of amides is 2. The van der Waals surface area contributed by atoms with Crippen LogP contribution in [-0.2, 0) is 26.2 Å². The van der Waals surface area contributed by atoms with Crippen molar-refractivity contribution in [3.05, 3.63) is 94.5 Å². The highest BCUT2D eigenvalue weighted by atomic mass is 35.5. The number of benzene rings is 3. The zero-order valence-corrected chi connectivity index (χ0v) is 22.2. The molecule has 3 rings (SSSR count). The smallest absolute Gasteiger partial charge is 0.264 e. The predicted molar refractivity (Wildman–Crippen MR) is 143 cm³/mol. The average molecular weight is 548 g/mol.